The zero-order valence-electron chi connectivity index (χ0n) is 17.2. The van der Waals surface area contributed by atoms with Crippen LogP contribution in [0.1, 0.15) is 28.5 Å². The van der Waals surface area contributed by atoms with E-state index < -0.39 is 0 Å². The molecule has 0 saturated heterocycles. The van der Waals surface area contributed by atoms with Crippen LogP contribution in [-0.4, -0.2) is 18.1 Å². The number of carbonyl (C=O) groups is 1. The SMILES string of the molecule is CCc1cc(OC(=O)c2ccccc2)ccc1I.COc1ccc2[nH]c(C)cc2c1. The van der Waals surface area contributed by atoms with Gasteiger partial charge in [0.2, 0.25) is 0 Å². The van der Waals surface area contributed by atoms with Crippen LogP contribution >= 0.6 is 22.6 Å². The smallest absolute Gasteiger partial charge is 0.343 e. The summed E-state index contributed by atoms with van der Waals surface area (Å²) in [5.41, 5.74) is 4.09. The Balaban J connectivity index is 0.000000184. The summed E-state index contributed by atoms with van der Waals surface area (Å²) in [5.74, 6) is 1.18. The van der Waals surface area contributed by atoms with Gasteiger partial charge in [-0.15, -0.1) is 0 Å². The van der Waals surface area contributed by atoms with Crippen LogP contribution in [-0.2, 0) is 6.42 Å². The summed E-state index contributed by atoms with van der Waals surface area (Å²) in [6.07, 6.45) is 0.926. The Hall–Kier alpha value is -2.80. The quantitative estimate of drug-likeness (QED) is 0.191. The zero-order chi connectivity index (χ0) is 21.5. The summed E-state index contributed by atoms with van der Waals surface area (Å²) in [5, 5.41) is 1.20. The van der Waals surface area contributed by atoms with Crippen LogP contribution in [0.2, 0.25) is 0 Å². The van der Waals surface area contributed by atoms with Crippen LogP contribution < -0.4 is 9.47 Å². The molecule has 30 heavy (non-hydrogen) atoms. The van der Waals surface area contributed by atoms with E-state index in [0.717, 1.165) is 17.7 Å². The molecular weight excluding hydrogens is 489 g/mol. The molecular formula is C25H24INO3. The fraction of sp³-hybridized carbons (Fsp3) is 0.160. The van der Waals surface area contributed by atoms with Gasteiger partial charge in [0.1, 0.15) is 11.5 Å². The highest BCUT2D eigenvalue weighted by atomic mass is 127. The van der Waals surface area contributed by atoms with Crippen LogP contribution in [0, 0.1) is 10.5 Å². The number of aromatic nitrogens is 1. The number of hydrogen-bond donors (Lipinski definition) is 1. The van der Waals surface area contributed by atoms with E-state index >= 15 is 0 Å². The van der Waals surface area contributed by atoms with E-state index in [2.05, 4.69) is 40.6 Å². The maximum absolute atomic E-state index is 11.9. The molecule has 0 aliphatic heterocycles. The van der Waals surface area contributed by atoms with Gasteiger partial charge < -0.3 is 14.5 Å². The number of halogens is 1. The normalized spacial score (nSPS) is 10.3. The average Bonchev–Trinajstić information content (AvgIpc) is 3.15. The molecule has 4 nitrogen and oxygen atoms in total. The van der Waals surface area contributed by atoms with Gasteiger partial charge >= 0.3 is 5.97 Å². The van der Waals surface area contributed by atoms with Crippen molar-refractivity contribution in [1.29, 1.82) is 0 Å². The molecule has 0 bridgehead atoms. The number of benzene rings is 3. The van der Waals surface area contributed by atoms with Gasteiger partial charge in [0, 0.05) is 20.2 Å². The summed E-state index contributed by atoms with van der Waals surface area (Å²) in [4.78, 5) is 15.1. The first kappa shape index (κ1) is 21.9. The van der Waals surface area contributed by atoms with Crippen molar-refractivity contribution in [3.8, 4) is 11.5 Å². The van der Waals surface area contributed by atoms with Crippen LogP contribution in [0.25, 0.3) is 10.9 Å². The minimum atomic E-state index is -0.320. The molecule has 0 spiro atoms. The van der Waals surface area contributed by atoms with E-state index in [4.69, 9.17) is 9.47 Å². The maximum atomic E-state index is 11.9. The third kappa shape index (κ3) is 5.63. The number of ether oxygens (including phenoxy) is 2. The van der Waals surface area contributed by atoms with Crippen molar-refractivity contribution in [2.75, 3.05) is 7.11 Å². The molecule has 4 aromatic rings. The van der Waals surface area contributed by atoms with Gasteiger partial charge in [-0.2, -0.15) is 0 Å². The Bertz CT molecular complexity index is 1140. The van der Waals surface area contributed by atoms with Crippen LogP contribution in [0.15, 0.2) is 72.8 Å². The molecule has 0 radical (unpaired) electrons. The Morgan fingerprint density at radius 3 is 2.40 bits per heavy atom. The van der Waals surface area contributed by atoms with Crippen LogP contribution in [0.3, 0.4) is 0 Å². The Labute approximate surface area is 190 Å². The van der Waals surface area contributed by atoms with Crippen molar-refractivity contribution in [1.82, 2.24) is 4.98 Å². The lowest BCUT2D eigenvalue weighted by Crippen LogP contribution is -2.08. The monoisotopic (exact) mass is 513 g/mol. The zero-order valence-corrected chi connectivity index (χ0v) is 19.4. The second-order valence-corrected chi connectivity index (χ2v) is 7.93. The van der Waals surface area contributed by atoms with Crippen molar-refractivity contribution in [3.63, 3.8) is 0 Å². The van der Waals surface area contributed by atoms with Gasteiger partial charge in [0.15, 0.2) is 0 Å². The van der Waals surface area contributed by atoms with Crippen molar-refractivity contribution in [3.05, 3.63) is 93.2 Å². The maximum Gasteiger partial charge on any atom is 0.343 e. The van der Waals surface area contributed by atoms with Gasteiger partial charge in [-0.1, -0.05) is 25.1 Å². The lowest BCUT2D eigenvalue weighted by Gasteiger charge is -2.07. The number of aryl methyl sites for hydroxylation is 2. The van der Waals surface area contributed by atoms with Crippen LogP contribution in [0.5, 0.6) is 11.5 Å². The first-order chi connectivity index (χ1) is 14.5. The number of aromatic amines is 1. The second-order valence-electron chi connectivity index (χ2n) is 6.77. The fourth-order valence-corrected chi connectivity index (χ4v) is 3.73. The number of fused-ring (bicyclic) bond motifs is 1. The third-order valence-electron chi connectivity index (χ3n) is 4.58. The molecule has 5 heteroatoms. The van der Waals surface area contributed by atoms with E-state index in [0.29, 0.717) is 11.3 Å². The molecule has 1 aromatic heterocycles. The molecule has 4 rings (SSSR count). The highest BCUT2D eigenvalue weighted by Crippen LogP contribution is 2.21. The molecule has 0 saturated carbocycles. The number of hydrogen-bond acceptors (Lipinski definition) is 3. The van der Waals surface area contributed by atoms with E-state index in [-0.39, 0.29) is 5.97 Å². The number of H-pyrrole nitrogens is 1. The Morgan fingerprint density at radius 1 is 0.967 bits per heavy atom. The fourth-order valence-electron chi connectivity index (χ4n) is 3.01. The van der Waals surface area contributed by atoms with E-state index in [1.54, 1.807) is 19.2 Å². The van der Waals surface area contributed by atoms with E-state index in [9.17, 15) is 4.79 Å². The average molecular weight is 513 g/mol. The summed E-state index contributed by atoms with van der Waals surface area (Å²) < 4.78 is 11.7. The summed E-state index contributed by atoms with van der Waals surface area (Å²) >= 11 is 2.28. The molecule has 1 heterocycles. The first-order valence-electron chi connectivity index (χ1n) is 9.69. The molecule has 0 fully saturated rings. The van der Waals surface area contributed by atoms with Crippen molar-refractivity contribution < 1.29 is 14.3 Å². The molecule has 0 aliphatic rings. The number of methoxy groups -OCH3 is 1. The lowest BCUT2D eigenvalue weighted by atomic mass is 10.1. The Kier molecular flexibility index (Phi) is 7.52. The third-order valence-corrected chi connectivity index (χ3v) is 5.63. The number of rotatable bonds is 4. The van der Waals surface area contributed by atoms with Gasteiger partial charge in [-0.25, -0.2) is 4.79 Å². The van der Waals surface area contributed by atoms with Crippen molar-refractivity contribution in [2.24, 2.45) is 0 Å². The molecule has 3 aromatic carbocycles. The minimum absolute atomic E-state index is 0.320. The standard InChI is InChI=1S/C15H13IO2.C10H11NO/c1-2-11-10-13(8-9-14(11)16)18-15(17)12-6-4-3-5-7-12;1-7-5-8-6-9(12-2)3-4-10(8)11-7/h3-10H,2H2,1H3;3-6,11H,1-2H3. The van der Waals surface area contributed by atoms with Gasteiger partial charge in [0.25, 0.3) is 0 Å². The first-order valence-corrected chi connectivity index (χ1v) is 10.8. The predicted octanol–water partition coefficient (Wildman–Crippen LogP) is 6.56. The topological polar surface area (TPSA) is 51.3 Å². The Morgan fingerprint density at radius 2 is 1.70 bits per heavy atom. The molecule has 154 valence electrons. The van der Waals surface area contributed by atoms with Crippen molar-refractivity contribution in [2.45, 2.75) is 20.3 Å². The molecule has 0 aliphatic carbocycles. The predicted molar refractivity (Wildman–Crippen MR) is 130 cm³/mol. The summed E-state index contributed by atoms with van der Waals surface area (Å²) in [7, 11) is 1.68. The van der Waals surface area contributed by atoms with Crippen molar-refractivity contribution >= 4 is 39.5 Å². The van der Waals surface area contributed by atoms with E-state index in [1.165, 1.54) is 20.2 Å². The molecule has 1 N–H and O–H groups in total. The highest BCUT2D eigenvalue weighted by Gasteiger charge is 2.08. The van der Waals surface area contributed by atoms with Gasteiger partial charge in [-0.3, -0.25) is 0 Å². The van der Waals surface area contributed by atoms with Crippen LogP contribution in [0.4, 0.5) is 0 Å². The van der Waals surface area contributed by atoms with E-state index in [1.807, 2.05) is 61.5 Å². The number of esters is 1. The molecule has 0 atom stereocenters. The summed E-state index contributed by atoms with van der Waals surface area (Å²) in [6, 6.07) is 22.8. The molecule has 0 amide bonds. The second kappa shape index (κ2) is 10.3. The highest BCUT2D eigenvalue weighted by molar-refractivity contribution is 14.1. The number of carbonyl (C=O) groups excluding carboxylic acids is 1. The largest absolute Gasteiger partial charge is 0.497 e. The lowest BCUT2D eigenvalue weighted by molar-refractivity contribution is 0.0734. The minimum Gasteiger partial charge on any atom is -0.497 e. The van der Waals surface area contributed by atoms with Gasteiger partial charge in [0.05, 0.1) is 12.7 Å². The molecule has 0 unspecified atom stereocenters. The summed E-state index contributed by atoms with van der Waals surface area (Å²) in [6.45, 7) is 4.13. The van der Waals surface area contributed by atoms with Gasteiger partial charge in [-0.05, 0) is 96.1 Å². The number of nitrogens with one attached hydrogen (secondary N) is 1.